The first kappa shape index (κ1) is 28.6. The van der Waals surface area contributed by atoms with E-state index in [0.29, 0.717) is 46.9 Å². The summed E-state index contributed by atoms with van der Waals surface area (Å²) in [5.74, 6) is 2.52. The Bertz CT molecular complexity index is 1800. The molecule has 5 aromatic rings. The number of imidazole rings is 1. The first-order valence-electron chi connectivity index (χ1n) is 12.9. The van der Waals surface area contributed by atoms with Crippen LogP contribution in [0.2, 0.25) is 0 Å². The molecule has 42 heavy (non-hydrogen) atoms. The van der Waals surface area contributed by atoms with Crippen LogP contribution in [0.25, 0.3) is 28.5 Å². The summed E-state index contributed by atoms with van der Waals surface area (Å²) in [6.45, 7) is 2.34. The predicted molar refractivity (Wildman–Crippen MR) is 158 cm³/mol. The van der Waals surface area contributed by atoms with Gasteiger partial charge in [0.15, 0.2) is 22.9 Å². The van der Waals surface area contributed by atoms with Gasteiger partial charge in [-0.05, 0) is 42.8 Å². The molecule has 0 aliphatic rings. The van der Waals surface area contributed by atoms with E-state index in [1.807, 2.05) is 13.0 Å². The Kier molecular flexibility index (Phi) is 8.11. The van der Waals surface area contributed by atoms with Gasteiger partial charge in [-0.15, -0.1) is 0 Å². The molecule has 0 saturated carbocycles. The van der Waals surface area contributed by atoms with Crippen molar-refractivity contribution >= 4 is 27.1 Å². The largest absolute Gasteiger partial charge is 0.497 e. The Hall–Kier alpha value is -4.91. The zero-order chi connectivity index (χ0) is 29.9. The van der Waals surface area contributed by atoms with Crippen LogP contribution in [0, 0.1) is 0 Å². The number of fused-ring (bicyclic) bond motifs is 1. The number of pyridine rings is 1. The molecular formula is C29H30N6O6S. The van der Waals surface area contributed by atoms with Crippen molar-refractivity contribution < 1.29 is 27.4 Å². The highest BCUT2D eigenvalue weighted by atomic mass is 32.2. The Morgan fingerprint density at radius 1 is 0.857 bits per heavy atom. The minimum atomic E-state index is -3.77. The maximum absolute atomic E-state index is 13.0. The standard InChI is InChI=1S/C29H30N6O6S/c1-6-41-25-12-7-9-21(31-25)28-33-27-29(35(28)26-22(39-3)10-8-11-23(26)40-4)32-24(17-30-27)34(42(5,36)37)18-19-13-15-20(38-2)16-14-19/h7-17H,6,18H2,1-5H3. The average molecular weight is 591 g/mol. The van der Waals surface area contributed by atoms with E-state index < -0.39 is 10.0 Å². The third-order valence-corrected chi connectivity index (χ3v) is 7.49. The number of para-hydroxylation sites is 1. The van der Waals surface area contributed by atoms with Gasteiger partial charge in [0.25, 0.3) is 0 Å². The summed E-state index contributed by atoms with van der Waals surface area (Å²) in [4.78, 5) is 18.7. The van der Waals surface area contributed by atoms with Crippen molar-refractivity contribution in [1.29, 1.82) is 0 Å². The second kappa shape index (κ2) is 11.9. The number of sulfonamides is 1. The van der Waals surface area contributed by atoms with Crippen LogP contribution in [0.15, 0.2) is 66.9 Å². The first-order chi connectivity index (χ1) is 20.3. The van der Waals surface area contributed by atoms with E-state index in [0.717, 1.165) is 11.8 Å². The highest BCUT2D eigenvalue weighted by Crippen LogP contribution is 2.38. The monoisotopic (exact) mass is 590 g/mol. The van der Waals surface area contributed by atoms with Gasteiger partial charge in [0.1, 0.15) is 28.6 Å². The summed E-state index contributed by atoms with van der Waals surface area (Å²) in [6.07, 6.45) is 2.51. The highest BCUT2D eigenvalue weighted by molar-refractivity contribution is 7.92. The maximum atomic E-state index is 13.0. The number of ether oxygens (including phenoxy) is 4. The molecule has 5 rings (SSSR count). The lowest BCUT2D eigenvalue weighted by molar-refractivity contribution is 0.327. The van der Waals surface area contributed by atoms with Crippen molar-refractivity contribution in [1.82, 2.24) is 24.5 Å². The topological polar surface area (TPSA) is 131 Å². The zero-order valence-corrected chi connectivity index (χ0v) is 24.6. The number of nitrogens with zero attached hydrogens (tertiary/aromatic N) is 6. The first-order valence-corrected chi connectivity index (χ1v) is 14.8. The van der Waals surface area contributed by atoms with Gasteiger partial charge in [0.2, 0.25) is 15.9 Å². The van der Waals surface area contributed by atoms with Gasteiger partial charge in [0, 0.05) is 6.07 Å². The molecule has 3 aromatic heterocycles. The lowest BCUT2D eigenvalue weighted by Crippen LogP contribution is -2.30. The summed E-state index contributed by atoms with van der Waals surface area (Å²) in [5.41, 5.74) is 2.26. The lowest BCUT2D eigenvalue weighted by Gasteiger charge is -2.21. The van der Waals surface area contributed by atoms with Crippen LogP contribution >= 0.6 is 0 Å². The van der Waals surface area contributed by atoms with Crippen molar-refractivity contribution in [2.45, 2.75) is 13.5 Å². The summed E-state index contributed by atoms with van der Waals surface area (Å²) < 4.78 is 51.2. The summed E-state index contributed by atoms with van der Waals surface area (Å²) >= 11 is 0. The van der Waals surface area contributed by atoms with Crippen molar-refractivity contribution in [3.05, 3.63) is 72.4 Å². The molecular weight excluding hydrogens is 560 g/mol. The Labute approximate surface area is 243 Å². The molecule has 13 heteroatoms. The molecule has 218 valence electrons. The fraction of sp³-hybridized carbons (Fsp3) is 0.241. The number of anilines is 1. The Morgan fingerprint density at radius 3 is 2.17 bits per heavy atom. The fourth-order valence-electron chi connectivity index (χ4n) is 4.43. The molecule has 2 aromatic carbocycles. The van der Waals surface area contributed by atoms with E-state index in [2.05, 4.69) is 9.97 Å². The van der Waals surface area contributed by atoms with Crippen LogP contribution in [0.4, 0.5) is 5.82 Å². The van der Waals surface area contributed by atoms with Gasteiger partial charge in [-0.1, -0.05) is 24.3 Å². The third kappa shape index (κ3) is 5.63. The Morgan fingerprint density at radius 2 is 1.55 bits per heavy atom. The number of benzene rings is 2. The summed E-state index contributed by atoms with van der Waals surface area (Å²) in [5, 5.41) is 0. The van der Waals surface area contributed by atoms with Crippen LogP contribution in [0.5, 0.6) is 23.1 Å². The van der Waals surface area contributed by atoms with Crippen molar-refractivity contribution in [3.63, 3.8) is 0 Å². The number of hydrogen-bond donors (Lipinski definition) is 0. The average Bonchev–Trinajstić information content (AvgIpc) is 3.37. The molecule has 0 aliphatic heterocycles. The molecule has 12 nitrogen and oxygen atoms in total. The number of methoxy groups -OCH3 is 3. The van der Waals surface area contributed by atoms with Crippen LogP contribution in [-0.2, 0) is 16.6 Å². The van der Waals surface area contributed by atoms with Gasteiger partial charge in [0.05, 0.1) is 46.9 Å². The van der Waals surface area contributed by atoms with E-state index in [-0.39, 0.29) is 23.7 Å². The third-order valence-electron chi connectivity index (χ3n) is 6.37. The summed E-state index contributed by atoms with van der Waals surface area (Å²) in [7, 11) is 0.888. The molecule has 0 spiro atoms. The molecule has 0 fully saturated rings. The number of aromatic nitrogens is 5. The molecule has 0 unspecified atom stereocenters. The minimum Gasteiger partial charge on any atom is -0.497 e. The second-order valence-electron chi connectivity index (χ2n) is 9.07. The second-order valence-corrected chi connectivity index (χ2v) is 11.0. The SMILES string of the molecule is CCOc1cccc(-c2nc3ncc(N(Cc4ccc(OC)cc4)S(C)(=O)=O)nc3n2-c2c(OC)cccc2OC)n1. The predicted octanol–water partition coefficient (Wildman–Crippen LogP) is 4.27. The van der Waals surface area contributed by atoms with E-state index in [4.69, 9.17) is 28.9 Å². The normalized spacial score (nSPS) is 11.4. The molecule has 0 bridgehead atoms. The lowest BCUT2D eigenvalue weighted by atomic mass is 10.2. The van der Waals surface area contributed by atoms with E-state index in [9.17, 15) is 8.42 Å². The molecule has 0 radical (unpaired) electrons. The van der Waals surface area contributed by atoms with Gasteiger partial charge >= 0.3 is 0 Å². The van der Waals surface area contributed by atoms with E-state index in [1.165, 1.54) is 10.5 Å². The molecule has 0 amide bonds. The number of hydrogen-bond acceptors (Lipinski definition) is 10. The number of rotatable bonds is 11. The van der Waals surface area contributed by atoms with Crippen molar-refractivity contribution in [2.75, 3.05) is 38.5 Å². The smallest absolute Gasteiger partial charge is 0.233 e. The van der Waals surface area contributed by atoms with Gasteiger partial charge in [-0.3, -0.25) is 4.57 Å². The van der Waals surface area contributed by atoms with Crippen LogP contribution < -0.4 is 23.3 Å². The maximum Gasteiger partial charge on any atom is 0.233 e. The van der Waals surface area contributed by atoms with E-state index >= 15 is 0 Å². The minimum absolute atomic E-state index is 0.0277. The van der Waals surface area contributed by atoms with Crippen LogP contribution in [-0.4, -0.2) is 67.1 Å². The van der Waals surface area contributed by atoms with Crippen LogP contribution in [0.1, 0.15) is 12.5 Å². The highest BCUT2D eigenvalue weighted by Gasteiger charge is 2.26. The zero-order valence-electron chi connectivity index (χ0n) is 23.8. The molecule has 3 heterocycles. The molecule has 0 N–H and O–H groups in total. The summed E-state index contributed by atoms with van der Waals surface area (Å²) in [6, 6.07) is 17.8. The molecule has 0 aliphatic carbocycles. The Balaban J connectivity index is 1.75. The van der Waals surface area contributed by atoms with E-state index in [1.54, 1.807) is 80.5 Å². The van der Waals surface area contributed by atoms with Gasteiger partial charge < -0.3 is 18.9 Å². The van der Waals surface area contributed by atoms with Gasteiger partial charge in [-0.2, -0.15) is 0 Å². The quantitative estimate of drug-likeness (QED) is 0.220. The van der Waals surface area contributed by atoms with Crippen molar-refractivity contribution in [2.24, 2.45) is 0 Å². The van der Waals surface area contributed by atoms with Crippen LogP contribution in [0.3, 0.4) is 0 Å². The molecule has 0 atom stereocenters. The van der Waals surface area contributed by atoms with Gasteiger partial charge in [-0.25, -0.2) is 32.7 Å². The molecule has 0 saturated heterocycles. The fourth-order valence-corrected chi connectivity index (χ4v) is 5.24. The van der Waals surface area contributed by atoms with Crippen molar-refractivity contribution in [3.8, 4) is 40.3 Å².